The van der Waals surface area contributed by atoms with Gasteiger partial charge in [-0.15, -0.1) is 0 Å². The van der Waals surface area contributed by atoms with Gasteiger partial charge in [0, 0.05) is 13.2 Å². The Balaban J connectivity index is 3.02. The molecule has 0 aliphatic rings. The van der Waals surface area contributed by atoms with E-state index in [9.17, 15) is 4.79 Å². The summed E-state index contributed by atoms with van der Waals surface area (Å²) in [4.78, 5) is 15.8. The highest BCUT2D eigenvalue weighted by molar-refractivity contribution is 5.93. The zero-order chi connectivity index (χ0) is 9.14. The number of pyridine rings is 1. The molecule has 0 saturated carbocycles. The number of nitrogens with two attached hydrogens (primary N) is 2. The van der Waals surface area contributed by atoms with Crippen molar-refractivity contribution in [2.45, 2.75) is 0 Å². The Labute approximate surface area is 70.0 Å². The maximum absolute atomic E-state index is 10.7. The Hall–Kier alpha value is -1.78. The summed E-state index contributed by atoms with van der Waals surface area (Å²) < 4.78 is 0. The molecule has 0 aromatic carbocycles. The Kier molecular flexibility index (Phi) is 2.14. The third-order valence-corrected chi connectivity index (χ3v) is 1.52. The number of hydrogen-bond donors (Lipinski definition) is 2. The van der Waals surface area contributed by atoms with E-state index >= 15 is 0 Å². The fourth-order valence-corrected chi connectivity index (χ4v) is 0.823. The first-order chi connectivity index (χ1) is 5.63. The third-order valence-electron chi connectivity index (χ3n) is 1.52. The van der Waals surface area contributed by atoms with Crippen molar-refractivity contribution in [1.82, 2.24) is 4.98 Å². The first-order valence-corrected chi connectivity index (χ1v) is 3.35. The zero-order valence-electron chi connectivity index (χ0n) is 6.69. The van der Waals surface area contributed by atoms with E-state index in [0.29, 0.717) is 11.4 Å². The predicted molar refractivity (Wildman–Crippen MR) is 46.6 cm³/mol. The lowest BCUT2D eigenvalue weighted by Crippen LogP contribution is -2.32. The van der Waals surface area contributed by atoms with Gasteiger partial charge in [0.15, 0.2) is 0 Å². The van der Waals surface area contributed by atoms with E-state index in [1.54, 1.807) is 19.3 Å². The summed E-state index contributed by atoms with van der Waals surface area (Å²) >= 11 is 0. The number of carbonyl (C=O) groups is 1. The Morgan fingerprint density at radius 1 is 1.67 bits per heavy atom. The Morgan fingerprint density at radius 2 is 2.33 bits per heavy atom. The van der Waals surface area contributed by atoms with Crippen LogP contribution in [0.1, 0.15) is 0 Å². The minimum Gasteiger partial charge on any atom is -0.396 e. The molecule has 0 bridgehead atoms. The molecule has 1 aromatic heterocycles. The van der Waals surface area contributed by atoms with E-state index in [1.807, 2.05) is 0 Å². The van der Waals surface area contributed by atoms with Gasteiger partial charge in [0.05, 0.1) is 17.6 Å². The third kappa shape index (κ3) is 1.45. The van der Waals surface area contributed by atoms with E-state index in [0.717, 1.165) is 0 Å². The second-order valence-electron chi connectivity index (χ2n) is 2.33. The van der Waals surface area contributed by atoms with Crippen LogP contribution in [0, 0.1) is 0 Å². The van der Waals surface area contributed by atoms with Crippen molar-refractivity contribution in [3.05, 3.63) is 18.5 Å². The van der Waals surface area contributed by atoms with Gasteiger partial charge in [0.25, 0.3) is 0 Å². The molecule has 0 spiro atoms. The van der Waals surface area contributed by atoms with Gasteiger partial charge in [0.1, 0.15) is 0 Å². The molecule has 5 heteroatoms. The standard InChI is InChI=1S/C7H10N4O/c1-11(7(9)12)6-2-3-10-4-5(6)8/h2-4H,8H2,1H3,(H2,9,12). The van der Waals surface area contributed by atoms with Crippen LogP contribution >= 0.6 is 0 Å². The minimum atomic E-state index is -0.548. The lowest BCUT2D eigenvalue weighted by atomic mass is 10.3. The van der Waals surface area contributed by atoms with E-state index in [-0.39, 0.29) is 0 Å². The van der Waals surface area contributed by atoms with Crippen LogP contribution in [0.15, 0.2) is 18.5 Å². The molecule has 12 heavy (non-hydrogen) atoms. The van der Waals surface area contributed by atoms with Gasteiger partial charge >= 0.3 is 6.03 Å². The maximum Gasteiger partial charge on any atom is 0.319 e. The van der Waals surface area contributed by atoms with E-state index in [4.69, 9.17) is 11.5 Å². The number of primary amides is 1. The number of nitrogen functional groups attached to an aromatic ring is 1. The molecule has 1 aromatic rings. The maximum atomic E-state index is 10.7. The van der Waals surface area contributed by atoms with Gasteiger partial charge in [-0.1, -0.05) is 0 Å². The first kappa shape index (κ1) is 8.32. The zero-order valence-corrected chi connectivity index (χ0v) is 6.69. The smallest absolute Gasteiger partial charge is 0.319 e. The van der Waals surface area contributed by atoms with Crippen molar-refractivity contribution in [2.75, 3.05) is 17.7 Å². The SMILES string of the molecule is CN(C(N)=O)c1ccncc1N. The van der Waals surface area contributed by atoms with Crippen LogP contribution in [-0.4, -0.2) is 18.1 Å². The second-order valence-corrected chi connectivity index (χ2v) is 2.33. The number of nitrogens with zero attached hydrogens (tertiary/aromatic N) is 2. The molecular formula is C7H10N4O. The second kappa shape index (κ2) is 3.08. The normalized spacial score (nSPS) is 9.42. The quantitative estimate of drug-likeness (QED) is 0.624. The van der Waals surface area contributed by atoms with E-state index < -0.39 is 6.03 Å². The minimum absolute atomic E-state index is 0.429. The molecular weight excluding hydrogens is 156 g/mol. The topological polar surface area (TPSA) is 85.2 Å². The van der Waals surface area contributed by atoms with E-state index in [2.05, 4.69) is 4.98 Å². The lowest BCUT2D eigenvalue weighted by molar-refractivity contribution is 0.255. The van der Waals surface area contributed by atoms with Crippen molar-refractivity contribution in [3.8, 4) is 0 Å². The highest BCUT2D eigenvalue weighted by Crippen LogP contribution is 2.18. The van der Waals surface area contributed by atoms with Crippen LogP contribution in [-0.2, 0) is 0 Å². The van der Waals surface area contributed by atoms with Gasteiger partial charge in [-0.05, 0) is 6.07 Å². The van der Waals surface area contributed by atoms with Crippen molar-refractivity contribution < 1.29 is 4.79 Å². The van der Waals surface area contributed by atoms with Gasteiger partial charge in [-0.25, -0.2) is 4.79 Å². The fraction of sp³-hybridized carbons (Fsp3) is 0.143. The highest BCUT2D eigenvalue weighted by atomic mass is 16.2. The molecule has 1 rings (SSSR count). The Bertz CT molecular complexity index is 299. The van der Waals surface area contributed by atoms with Crippen molar-refractivity contribution >= 4 is 17.4 Å². The molecule has 2 amide bonds. The van der Waals surface area contributed by atoms with Crippen molar-refractivity contribution in [3.63, 3.8) is 0 Å². The molecule has 4 N–H and O–H groups in total. The summed E-state index contributed by atoms with van der Waals surface area (Å²) in [5.74, 6) is 0. The summed E-state index contributed by atoms with van der Waals surface area (Å²) in [7, 11) is 1.55. The Morgan fingerprint density at radius 3 is 2.83 bits per heavy atom. The molecule has 64 valence electrons. The van der Waals surface area contributed by atoms with E-state index in [1.165, 1.54) is 11.1 Å². The number of amides is 2. The molecule has 0 aliphatic heterocycles. The molecule has 0 aliphatic carbocycles. The van der Waals surface area contributed by atoms with Crippen molar-refractivity contribution in [1.29, 1.82) is 0 Å². The predicted octanol–water partition coefficient (Wildman–Crippen LogP) is 0.179. The van der Waals surface area contributed by atoms with Crippen LogP contribution in [0.2, 0.25) is 0 Å². The number of urea groups is 1. The first-order valence-electron chi connectivity index (χ1n) is 3.35. The van der Waals surface area contributed by atoms with Gasteiger partial charge in [-0.3, -0.25) is 9.88 Å². The fourth-order valence-electron chi connectivity index (χ4n) is 0.823. The molecule has 1 heterocycles. The van der Waals surface area contributed by atoms with Gasteiger partial charge < -0.3 is 11.5 Å². The van der Waals surface area contributed by atoms with Gasteiger partial charge in [0.2, 0.25) is 0 Å². The summed E-state index contributed by atoms with van der Waals surface area (Å²) in [5, 5.41) is 0. The van der Waals surface area contributed by atoms with Crippen LogP contribution in [0.4, 0.5) is 16.2 Å². The lowest BCUT2D eigenvalue weighted by Gasteiger charge is -2.15. The molecule has 0 radical (unpaired) electrons. The molecule has 0 unspecified atom stereocenters. The largest absolute Gasteiger partial charge is 0.396 e. The molecule has 0 fully saturated rings. The highest BCUT2D eigenvalue weighted by Gasteiger charge is 2.08. The monoisotopic (exact) mass is 166 g/mol. The van der Waals surface area contributed by atoms with Gasteiger partial charge in [-0.2, -0.15) is 0 Å². The van der Waals surface area contributed by atoms with Crippen LogP contribution in [0.3, 0.4) is 0 Å². The van der Waals surface area contributed by atoms with Crippen molar-refractivity contribution in [2.24, 2.45) is 5.73 Å². The molecule has 5 nitrogen and oxygen atoms in total. The molecule has 0 atom stereocenters. The summed E-state index contributed by atoms with van der Waals surface area (Å²) in [6.07, 6.45) is 3.01. The molecule has 0 saturated heterocycles. The number of carbonyl (C=O) groups excluding carboxylic acids is 1. The number of aromatic nitrogens is 1. The van der Waals surface area contributed by atoms with Crippen LogP contribution < -0.4 is 16.4 Å². The average molecular weight is 166 g/mol. The average Bonchev–Trinajstić information content (AvgIpc) is 2.04. The number of anilines is 2. The summed E-state index contributed by atoms with van der Waals surface area (Å²) in [6, 6.07) is 1.08. The van der Waals surface area contributed by atoms with Crippen LogP contribution in [0.25, 0.3) is 0 Å². The number of hydrogen-bond acceptors (Lipinski definition) is 3. The summed E-state index contributed by atoms with van der Waals surface area (Å²) in [5.41, 5.74) is 11.6. The number of rotatable bonds is 1. The summed E-state index contributed by atoms with van der Waals surface area (Å²) in [6.45, 7) is 0. The van der Waals surface area contributed by atoms with Crippen LogP contribution in [0.5, 0.6) is 0 Å².